The number of amides is 1. The standard InChI is InChI=1S/C12H12N4O3/c1-7(8-2-4-13-5-3-8)16-11(17)9-10(12(18)19)15-6-14-9/h2-7H,1H3,(H,14,15)(H,16,17)(H,18,19). The second-order valence-electron chi connectivity index (χ2n) is 3.91. The van der Waals surface area contributed by atoms with Crippen molar-refractivity contribution < 1.29 is 14.7 Å². The van der Waals surface area contributed by atoms with Crippen LogP contribution < -0.4 is 5.32 Å². The Labute approximate surface area is 108 Å². The molecule has 7 nitrogen and oxygen atoms in total. The smallest absolute Gasteiger partial charge is 0.354 e. The molecule has 0 saturated heterocycles. The molecule has 3 N–H and O–H groups in total. The molecule has 1 atom stereocenters. The maximum Gasteiger partial charge on any atom is 0.354 e. The number of H-pyrrole nitrogens is 1. The van der Waals surface area contributed by atoms with Gasteiger partial charge >= 0.3 is 5.97 Å². The number of aromatic amines is 1. The summed E-state index contributed by atoms with van der Waals surface area (Å²) in [6.07, 6.45) is 4.42. The molecule has 1 amide bonds. The molecule has 7 heteroatoms. The Morgan fingerprint density at radius 3 is 2.68 bits per heavy atom. The molecule has 0 saturated carbocycles. The molecule has 0 aromatic carbocycles. The highest BCUT2D eigenvalue weighted by atomic mass is 16.4. The fourth-order valence-electron chi connectivity index (χ4n) is 1.63. The van der Waals surface area contributed by atoms with Crippen LogP contribution in [-0.2, 0) is 0 Å². The van der Waals surface area contributed by atoms with Crippen LogP contribution in [0.4, 0.5) is 0 Å². The number of aromatic nitrogens is 3. The minimum absolute atomic E-state index is 0.131. The van der Waals surface area contributed by atoms with Crippen molar-refractivity contribution in [3.63, 3.8) is 0 Å². The van der Waals surface area contributed by atoms with Crippen LogP contribution in [0.1, 0.15) is 39.5 Å². The molecule has 98 valence electrons. The van der Waals surface area contributed by atoms with Gasteiger partial charge in [0.15, 0.2) is 11.4 Å². The van der Waals surface area contributed by atoms with Gasteiger partial charge in [0, 0.05) is 12.4 Å². The zero-order chi connectivity index (χ0) is 13.8. The zero-order valence-electron chi connectivity index (χ0n) is 10.1. The number of carboxylic acid groups (broad SMARTS) is 1. The van der Waals surface area contributed by atoms with E-state index in [0.29, 0.717) is 0 Å². The predicted molar refractivity (Wildman–Crippen MR) is 65.7 cm³/mol. The van der Waals surface area contributed by atoms with Gasteiger partial charge in [-0.3, -0.25) is 9.78 Å². The number of hydrogen-bond donors (Lipinski definition) is 3. The molecule has 0 spiro atoms. The van der Waals surface area contributed by atoms with Crippen LogP contribution in [0.5, 0.6) is 0 Å². The molecule has 2 heterocycles. The maximum atomic E-state index is 11.9. The molecule has 0 fully saturated rings. The lowest BCUT2D eigenvalue weighted by Crippen LogP contribution is -2.28. The van der Waals surface area contributed by atoms with E-state index in [9.17, 15) is 9.59 Å². The van der Waals surface area contributed by atoms with E-state index < -0.39 is 11.9 Å². The van der Waals surface area contributed by atoms with Gasteiger partial charge < -0.3 is 15.4 Å². The van der Waals surface area contributed by atoms with Crippen LogP contribution in [0.2, 0.25) is 0 Å². The summed E-state index contributed by atoms with van der Waals surface area (Å²) in [6.45, 7) is 1.79. The third-order valence-corrected chi connectivity index (χ3v) is 2.62. The highest BCUT2D eigenvalue weighted by Gasteiger charge is 2.21. The van der Waals surface area contributed by atoms with Crippen molar-refractivity contribution in [3.05, 3.63) is 47.8 Å². The number of carboxylic acids is 1. The lowest BCUT2D eigenvalue weighted by Gasteiger charge is -2.13. The second-order valence-corrected chi connectivity index (χ2v) is 3.91. The topological polar surface area (TPSA) is 108 Å². The summed E-state index contributed by atoms with van der Waals surface area (Å²) >= 11 is 0. The van der Waals surface area contributed by atoms with Gasteiger partial charge in [-0.15, -0.1) is 0 Å². The quantitative estimate of drug-likeness (QED) is 0.759. The summed E-state index contributed by atoms with van der Waals surface area (Å²) in [5.41, 5.74) is 0.517. The number of nitrogens with one attached hydrogen (secondary N) is 2. The van der Waals surface area contributed by atoms with E-state index in [1.54, 1.807) is 31.5 Å². The van der Waals surface area contributed by atoms with Gasteiger partial charge in [-0.2, -0.15) is 0 Å². The van der Waals surface area contributed by atoms with Crippen LogP contribution in [-0.4, -0.2) is 31.9 Å². The van der Waals surface area contributed by atoms with Crippen LogP contribution in [0.3, 0.4) is 0 Å². The van der Waals surface area contributed by atoms with Crippen molar-refractivity contribution in [2.24, 2.45) is 0 Å². The highest BCUT2D eigenvalue weighted by Crippen LogP contribution is 2.12. The first-order valence-electron chi connectivity index (χ1n) is 5.57. The van der Waals surface area contributed by atoms with E-state index >= 15 is 0 Å². The zero-order valence-corrected chi connectivity index (χ0v) is 10.1. The Hall–Kier alpha value is -2.70. The molecule has 1 unspecified atom stereocenters. The first kappa shape index (κ1) is 12.7. The molecular formula is C12H12N4O3. The SMILES string of the molecule is CC(NC(=O)c1nc[nH]c1C(=O)O)c1ccncc1. The average Bonchev–Trinajstić information content (AvgIpc) is 2.89. The van der Waals surface area contributed by atoms with Crippen molar-refractivity contribution in [1.82, 2.24) is 20.3 Å². The van der Waals surface area contributed by atoms with E-state index in [1.807, 2.05) is 0 Å². The summed E-state index contributed by atoms with van der Waals surface area (Å²) in [4.78, 5) is 32.9. The van der Waals surface area contributed by atoms with E-state index in [1.165, 1.54) is 6.33 Å². The van der Waals surface area contributed by atoms with E-state index in [4.69, 9.17) is 5.11 Å². The molecule has 0 radical (unpaired) electrons. The summed E-state index contributed by atoms with van der Waals surface area (Å²) in [6, 6.07) is 3.27. The average molecular weight is 260 g/mol. The molecule has 0 aliphatic heterocycles. The summed E-state index contributed by atoms with van der Waals surface area (Å²) in [5, 5.41) is 11.6. The molecule has 19 heavy (non-hydrogen) atoms. The Bertz CT molecular complexity index is 594. The largest absolute Gasteiger partial charge is 0.477 e. The van der Waals surface area contributed by atoms with Crippen molar-refractivity contribution in [2.75, 3.05) is 0 Å². The molecule has 0 aliphatic rings. The number of rotatable bonds is 4. The summed E-state index contributed by atoms with van der Waals surface area (Å²) in [5.74, 6) is -1.76. The first-order chi connectivity index (χ1) is 9.09. The predicted octanol–water partition coefficient (Wildman–Crippen LogP) is 0.994. The van der Waals surface area contributed by atoms with Gasteiger partial charge in [-0.05, 0) is 24.6 Å². The second kappa shape index (κ2) is 5.30. The van der Waals surface area contributed by atoms with Crippen LogP contribution in [0, 0.1) is 0 Å². The third kappa shape index (κ3) is 2.76. The first-order valence-corrected chi connectivity index (χ1v) is 5.57. The van der Waals surface area contributed by atoms with E-state index in [0.717, 1.165) is 5.56 Å². The number of imidazole rings is 1. The Balaban J connectivity index is 2.13. The van der Waals surface area contributed by atoms with Crippen LogP contribution in [0.25, 0.3) is 0 Å². The van der Waals surface area contributed by atoms with Crippen molar-refractivity contribution in [3.8, 4) is 0 Å². The number of aromatic carboxylic acids is 1. The number of carbonyl (C=O) groups is 2. The molecule has 2 aromatic rings. The lowest BCUT2D eigenvalue weighted by atomic mass is 10.1. The monoisotopic (exact) mass is 260 g/mol. The normalized spacial score (nSPS) is 11.8. The minimum atomic E-state index is -1.22. The Kier molecular flexibility index (Phi) is 3.56. The molecule has 2 rings (SSSR count). The molecule has 0 bridgehead atoms. The lowest BCUT2D eigenvalue weighted by molar-refractivity contribution is 0.0684. The fraction of sp³-hybridized carbons (Fsp3) is 0.167. The van der Waals surface area contributed by atoms with Gasteiger partial charge in [0.2, 0.25) is 0 Å². The number of hydrogen-bond acceptors (Lipinski definition) is 4. The van der Waals surface area contributed by atoms with Gasteiger partial charge in [0.25, 0.3) is 5.91 Å². The Morgan fingerprint density at radius 1 is 1.37 bits per heavy atom. The molecular weight excluding hydrogens is 248 g/mol. The van der Waals surface area contributed by atoms with E-state index in [-0.39, 0.29) is 17.4 Å². The number of pyridine rings is 1. The number of carbonyl (C=O) groups excluding carboxylic acids is 1. The third-order valence-electron chi connectivity index (χ3n) is 2.62. The summed E-state index contributed by atoms with van der Waals surface area (Å²) < 4.78 is 0. The van der Waals surface area contributed by atoms with Gasteiger partial charge in [-0.25, -0.2) is 9.78 Å². The van der Waals surface area contributed by atoms with Gasteiger partial charge in [0.1, 0.15) is 0 Å². The number of nitrogens with zero attached hydrogens (tertiary/aromatic N) is 2. The minimum Gasteiger partial charge on any atom is -0.477 e. The van der Waals surface area contributed by atoms with Crippen molar-refractivity contribution >= 4 is 11.9 Å². The Morgan fingerprint density at radius 2 is 2.05 bits per heavy atom. The van der Waals surface area contributed by atoms with Gasteiger partial charge in [0.05, 0.1) is 12.4 Å². The van der Waals surface area contributed by atoms with Crippen molar-refractivity contribution in [1.29, 1.82) is 0 Å². The highest BCUT2D eigenvalue weighted by molar-refractivity contribution is 6.02. The molecule has 0 aliphatic carbocycles. The van der Waals surface area contributed by atoms with Crippen molar-refractivity contribution in [2.45, 2.75) is 13.0 Å². The van der Waals surface area contributed by atoms with Crippen LogP contribution >= 0.6 is 0 Å². The van der Waals surface area contributed by atoms with E-state index in [2.05, 4.69) is 20.3 Å². The van der Waals surface area contributed by atoms with Gasteiger partial charge in [-0.1, -0.05) is 0 Å². The fourth-order valence-corrected chi connectivity index (χ4v) is 1.63. The molecule has 2 aromatic heterocycles. The van der Waals surface area contributed by atoms with Crippen LogP contribution in [0.15, 0.2) is 30.9 Å². The summed E-state index contributed by atoms with van der Waals surface area (Å²) in [7, 11) is 0. The maximum absolute atomic E-state index is 11.9.